The third-order valence-corrected chi connectivity index (χ3v) is 7.30. The number of esters is 1. The van der Waals surface area contributed by atoms with Crippen molar-refractivity contribution in [1.82, 2.24) is 4.57 Å². The molecule has 0 aliphatic carbocycles. The molecule has 1 atom stereocenters. The Kier molecular flexibility index (Phi) is 7.91. The van der Waals surface area contributed by atoms with E-state index in [1.165, 1.54) is 28.8 Å². The monoisotopic (exact) mass is 535 g/mol. The number of fused-ring (bicyclic) bond motifs is 1. The third-order valence-electron chi connectivity index (χ3n) is 6.32. The van der Waals surface area contributed by atoms with Crippen molar-refractivity contribution in [2.75, 3.05) is 6.61 Å². The first-order valence-electron chi connectivity index (χ1n) is 12.4. The second-order valence-electron chi connectivity index (χ2n) is 9.24. The van der Waals surface area contributed by atoms with Gasteiger partial charge in [-0.1, -0.05) is 62.8 Å². The zero-order valence-electron chi connectivity index (χ0n) is 21.6. The number of ether oxygens (including phenoxy) is 1. The lowest BCUT2D eigenvalue weighted by Crippen LogP contribution is -2.40. The number of rotatable bonds is 8. The quantitative estimate of drug-likeness (QED) is 0.260. The first-order chi connectivity index (χ1) is 18.2. The summed E-state index contributed by atoms with van der Waals surface area (Å²) in [5.41, 5.74) is 2.26. The average molecular weight is 536 g/mol. The minimum atomic E-state index is -0.756. The molecular weight excluding hydrogens is 506 g/mol. The number of carbonyl (C=O) groups is 1. The zero-order valence-corrected chi connectivity index (χ0v) is 22.4. The summed E-state index contributed by atoms with van der Waals surface area (Å²) < 4.78 is 7.11. The van der Waals surface area contributed by atoms with Gasteiger partial charge in [0, 0.05) is 17.7 Å². The molecule has 38 heavy (non-hydrogen) atoms. The van der Waals surface area contributed by atoms with Crippen LogP contribution < -0.4 is 14.9 Å². The first-order valence-corrected chi connectivity index (χ1v) is 13.3. The molecule has 0 unspecified atom stereocenters. The van der Waals surface area contributed by atoms with Crippen LogP contribution in [-0.2, 0) is 9.53 Å². The van der Waals surface area contributed by atoms with E-state index in [1.54, 1.807) is 6.92 Å². The predicted molar refractivity (Wildman–Crippen MR) is 145 cm³/mol. The summed E-state index contributed by atoms with van der Waals surface area (Å²) in [6, 6.07) is 10.7. The maximum Gasteiger partial charge on any atom is 0.338 e. The summed E-state index contributed by atoms with van der Waals surface area (Å²) in [5.74, 6) is -0.409. The van der Waals surface area contributed by atoms with Gasteiger partial charge in [-0.05, 0) is 42.5 Å². The van der Waals surface area contributed by atoms with Crippen molar-refractivity contribution >= 4 is 29.1 Å². The Morgan fingerprint density at radius 2 is 1.95 bits per heavy atom. The second-order valence-corrected chi connectivity index (χ2v) is 10.2. The van der Waals surface area contributed by atoms with Gasteiger partial charge in [0.25, 0.3) is 11.2 Å². The fraction of sp³-hybridized carbons (Fsp3) is 0.321. The first kappa shape index (κ1) is 27.0. The number of allylic oxidation sites excluding steroid dienone is 1. The molecule has 9 nitrogen and oxygen atoms in total. The van der Waals surface area contributed by atoms with Gasteiger partial charge in [0.2, 0.25) is 0 Å². The summed E-state index contributed by atoms with van der Waals surface area (Å²) in [6.07, 6.45) is 2.67. The van der Waals surface area contributed by atoms with Gasteiger partial charge in [-0.3, -0.25) is 19.5 Å². The molecular formula is C28H29N3O6S. The van der Waals surface area contributed by atoms with Crippen LogP contribution in [0.15, 0.2) is 63.5 Å². The SMILES string of the molecule is CCCC1=C(C(=O)OCC)[C@@H](c2ccc(C(C)C)cc2)n2c(s/c(=C\c3cc([N+](=O)[O-])ccc3O)c2=O)=N1. The molecule has 0 radical (unpaired) electrons. The Bertz CT molecular complexity index is 1600. The van der Waals surface area contributed by atoms with Crippen LogP contribution in [0.1, 0.15) is 69.2 Å². The minimum Gasteiger partial charge on any atom is -0.507 e. The number of benzene rings is 2. The van der Waals surface area contributed by atoms with Crippen molar-refractivity contribution < 1.29 is 19.6 Å². The van der Waals surface area contributed by atoms with Crippen molar-refractivity contribution in [1.29, 1.82) is 0 Å². The maximum atomic E-state index is 13.8. The Morgan fingerprint density at radius 1 is 1.24 bits per heavy atom. The Morgan fingerprint density at radius 3 is 2.55 bits per heavy atom. The smallest absolute Gasteiger partial charge is 0.338 e. The number of hydrogen-bond donors (Lipinski definition) is 1. The number of nitro groups is 1. The Labute approximate surface area is 223 Å². The molecule has 0 saturated heterocycles. The summed E-state index contributed by atoms with van der Waals surface area (Å²) in [7, 11) is 0. The number of nitrogens with zero attached hydrogens (tertiary/aromatic N) is 3. The van der Waals surface area contributed by atoms with Crippen LogP contribution in [0.5, 0.6) is 5.75 Å². The van der Waals surface area contributed by atoms with Crippen LogP contribution in [0, 0.1) is 10.1 Å². The number of phenols is 1. The number of aromatic hydroxyl groups is 1. The second kappa shape index (κ2) is 11.1. The molecule has 0 saturated carbocycles. The molecule has 10 heteroatoms. The van der Waals surface area contributed by atoms with E-state index >= 15 is 0 Å². The normalized spacial score (nSPS) is 15.4. The van der Waals surface area contributed by atoms with E-state index in [4.69, 9.17) is 9.73 Å². The molecule has 3 aromatic rings. The zero-order chi connectivity index (χ0) is 27.6. The summed E-state index contributed by atoms with van der Waals surface area (Å²) in [4.78, 5) is 42.8. The highest BCUT2D eigenvalue weighted by Gasteiger charge is 2.34. The standard InChI is InChI=1S/C28H29N3O6S/c1-5-7-21-24(27(34)37-6-2)25(18-10-8-17(9-11-18)16(3)4)30-26(33)23(38-28(30)29-21)15-19-14-20(31(35)36)12-13-22(19)32/h8-16,25,32H,5-7H2,1-4H3/b23-15-/t25-/m1/s1. The van der Waals surface area contributed by atoms with Gasteiger partial charge in [-0.15, -0.1) is 0 Å². The fourth-order valence-corrected chi connectivity index (χ4v) is 5.42. The molecule has 2 aromatic carbocycles. The molecule has 1 N–H and O–H groups in total. The van der Waals surface area contributed by atoms with Crippen molar-refractivity contribution in [2.24, 2.45) is 4.99 Å². The Hall–Kier alpha value is -4.05. The van der Waals surface area contributed by atoms with E-state index in [9.17, 15) is 24.8 Å². The lowest BCUT2D eigenvalue weighted by atomic mass is 9.92. The van der Waals surface area contributed by atoms with Crippen LogP contribution in [0.25, 0.3) is 6.08 Å². The van der Waals surface area contributed by atoms with Gasteiger partial charge in [-0.25, -0.2) is 9.79 Å². The van der Waals surface area contributed by atoms with E-state index in [0.717, 1.165) is 28.9 Å². The molecule has 0 bridgehead atoms. The molecule has 0 spiro atoms. The van der Waals surface area contributed by atoms with Gasteiger partial charge >= 0.3 is 5.97 Å². The van der Waals surface area contributed by atoms with E-state index in [-0.39, 0.29) is 28.1 Å². The fourth-order valence-electron chi connectivity index (χ4n) is 4.41. The predicted octanol–water partition coefficient (Wildman–Crippen LogP) is 4.32. The van der Waals surface area contributed by atoms with Gasteiger partial charge < -0.3 is 9.84 Å². The van der Waals surface area contributed by atoms with Crippen molar-refractivity contribution in [2.45, 2.75) is 52.5 Å². The van der Waals surface area contributed by atoms with Gasteiger partial charge in [0.15, 0.2) is 4.80 Å². The van der Waals surface area contributed by atoms with Crippen molar-refractivity contribution in [3.63, 3.8) is 0 Å². The number of aromatic nitrogens is 1. The highest BCUT2D eigenvalue weighted by Crippen LogP contribution is 2.33. The molecule has 0 amide bonds. The lowest BCUT2D eigenvalue weighted by molar-refractivity contribution is -0.384. The average Bonchev–Trinajstić information content (AvgIpc) is 3.19. The van der Waals surface area contributed by atoms with Gasteiger partial charge in [-0.2, -0.15) is 0 Å². The number of hydrogen-bond acceptors (Lipinski definition) is 8. The van der Waals surface area contributed by atoms with E-state index in [1.807, 2.05) is 31.2 Å². The lowest BCUT2D eigenvalue weighted by Gasteiger charge is -2.26. The summed E-state index contributed by atoms with van der Waals surface area (Å²) in [6.45, 7) is 8.07. The van der Waals surface area contributed by atoms with Crippen LogP contribution >= 0.6 is 11.3 Å². The van der Waals surface area contributed by atoms with Crippen LogP contribution in [-0.4, -0.2) is 27.2 Å². The molecule has 1 aliphatic heterocycles. The maximum absolute atomic E-state index is 13.8. The van der Waals surface area contributed by atoms with Crippen molar-refractivity contribution in [3.05, 3.63) is 100 Å². The number of non-ortho nitro benzene ring substituents is 1. The highest BCUT2D eigenvalue weighted by atomic mass is 32.1. The molecule has 4 rings (SSSR count). The number of phenolic OH excluding ortho intramolecular Hbond substituents is 1. The molecule has 1 aromatic heterocycles. The molecule has 0 fully saturated rings. The number of thiazole rings is 1. The van der Waals surface area contributed by atoms with Crippen molar-refractivity contribution in [3.8, 4) is 5.75 Å². The minimum absolute atomic E-state index is 0.140. The third kappa shape index (κ3) is 5.17. The summed E-state index contributed by atoms with van der Waals surface area (Å²) >= 11 is 1.10. The molecule has 2 heterocycles. The number of carbonyl (C=O) groups excluding carboxylic acids is 1. The van der Waals surface area contributed by atoms with Gasteiger partial charge in [0.05, 0.1) is 33.4 Å². The largest absolute Gasteiger partial charge is 0.507 e. The molecule has 198 valence electrons. The number of nitro benzene ring substituents is 1. The summed E-state index contributed by atoms with van der Waals surface area (Å²) in [5, 5.41) is 21.5. The topological polar surface area (TPSA) is 124 Å². The van der Waals surface area contributed by atoms with E-state index in [0.29, 0.717) is 28.4 Å². The van der Waals surface area contributed by atoms with E-state index < -0.39 is 22.5 Å². The molecule has 1 aliphatic rings. The van der Waals surface area contributed by atoms with E-state index in [2.05, 4.69) is 13.8 Å². The van der Waals surface area contributed by atoms with Crippen LogP contribution in [0.2, 0.25) is 0 Å². The van der Waals surface area contributed by atoms with Crippen LogP contribution in [0.3, 0.4) is 0 Å². The van der Waals surface area contributed by atoms with Gasteiger partial charge in [0.1, 0.15) is 5.75 Å². The highest BCUT2D eigenvalue weighted by molar-refractivity contribution is 7.07. The van der Waals surface area contributed by atoms with Crippen LogP contribution in [0.4, 0.5) is 5.69 Å². The Balaban J connectivity index is 1.99.